The topological polar surface area (TPSA) is 37.0 Å². The van der Waals surface area contributed by atoms with E-state index in [1.807, 2.05) is 12.1 Å². The normalized spacial score (nSPS) is 15.8. The Labute approximate surface area is 147 Å². The highest BCUT2D eigenvalue weighted by Crippen LogP contribution is 2.30. The molecule has 3 aromatic rings. The molecule has 2 heterocycles. The summed E-state index contributed by atoms with van der Waals surface area (Å²) in [5, 5.41) is 4.86. The minimum absolute atomic E-state index is 0.209. The smallest absolute Gasteiger partial charge is 0.123 e. The molecule has 1 aliphatic rings. The second-order valence-corrected chi connectivity index (χ2v) is 6.78. The lowest BCUT2D eigenvalue weighted by Crippen LogP contribution is -2.34. The number of aromatic amines is 1. The van der Waals surface area contributed by atoms with Crippen molar-refractivity contribution in [1.82, 2.24) is 10.3 Å². The summed E-state index contributed by atoms with van der Waals surface area (Å²) < 4.78 is 18.6. The summed E-state index contributed by atoms with van der Waals surface area (Å²) in [6.45, 7) is 4.70. The van der Waals surface area contributed by atoms with Crippen molar-refractivity contribution in [2.24, 2.45) is 0 Å². The van der Waals surface area contributed by atoms with Crippen molar-refractivity contribution < 1.29 is 9.13 Å². The van der Waals surface area contributed by atoms with Gasteiger partial charge in [-0.3, -0.25) is 0 Å². The molecule has 0 aliphatic carbocycles. The van der Waals surface area contributed by atoms with E-state index in [4.69, 9.17) is 4.74 Å². The van der Waals surface area contributed by atoms with E-state index in [2.05, 4.69) is 35.4 Å². The van der Waals surface area contributed by atoms with Crippen molar-refractivity contribution in [3.8, 4) is 11.3 Å². The van der Waals surface area contributed by atoms with Crippen LogP contribution in [0.15, 0.2) is 42.5 Å². The first-order chi connectivity index (χ1) is 12.2. The van der Waals surface area contributed by atoms with Gasteiger partial charge in [0.1, 0.15) is 5.82 Å². The molecular weight excluding hydrogens is 315 g/mol. The van der Waals surface area contributed by atoms with Gasteiger partial charge in [0.15, 0.2) is 0 Å². The number of rotatable bonds is 4. The summed E-state index contributed by atoms with van der Waals surface area (Å²) in [6.07, 6.45) is 2.17. The first kappa shape index (κ1) is 16.3. The number of H-pyrrole nitrogens is 1. The maximum absolute atomic E-state index is 13.2. The number of nitrogens with one attached hydrogen (secondary N) is 2. The van der Waals surface area contributed by atoms with Crippen LogP contribution in [0.2, 0.25) is 0 Å². The van der Waals surface area contributed by atoms with Crippen molar-refractivity contribution in [2.75, 3.05) is 13.2 Å². The average Bonchev–Trinajstić information content (AvgIpc) is 2.98. The number of aromatic nitrogens is 1. The third-order valence-corrected chi connectivity index (χ3v) is 5.07. The Balaban J connectivity index is 1.57. The molecule has 0 saturated carbocycles. The fraction of sp³-hybridized carbons (Fsp3) is 0.333. The maximum atomic E-state index is 13.2. The van der Waals surface area contributed by atoms with E-state index < -0.39 is 0 Å². The van der Waals surface area contributed by atoms with Gasteiger partial charge in [-0.1, -0.05) is 6.07 Å². The molecule has 25 heavy (non-hydrogen) atoms. The number of aryl methyl sites for hydroxylation is 1. The monoisotopic (exact) mass is 338 g/mol. The molecule has 4 rings (SSSR count). The number of hydrogen-bond acceptors (Lipinski definition) is 2. The van der Waals surface area contributed by atoms with Crippen LogP contribution in [-0.4, -0.2) is 24.2 Å². The van der Waals surface area contributed by atoms with Crippen LogP contribution < -0.4 is 5.32 Å². The highest BCUT2D eigenvalue weighted by Gasteiger charge is 2.14. The van der Waals surface area contributed by atoms with E-state index in [-0.39, 0.29) is 5.82 Å². The molecule has 0 atom stereocenters. The lowest BCUT2D eigenvalue weighted by atomic mass is 10.0. The second-order valence-electron chi connectivity index (χ2n) is 6.78. The fourth-order valence-corrected chi connectivity index (χ4v) is 3.55. The molecule has 4 heteroatoms. The van der Waals surface area contributed by atoms with Gasteiger partial charge in [-0.25, -0.2) is 4.39 Å². The molecule has 0 amide bonds. The van der Waals surface area contributed by atoms with E-state index >= 15 is 0 Å². The van der Waals surface area contributed by atoms with Gasteiger partial charge in [0.05, 0.1) is 0 Å². The van der Waals surface area contributed by atoms with Crippen molar-refractivity contribution >= 4 is 10.9 Å². The molecule has 1 fully saturated rings. The Morgan fingerprint density at radius 1 is 1.12 bits per heavy atom. The first-order valence-electron chi connectivity index (χ1n) is 8.89. The van der Waals surface area contributed by atoms with Crippen molar-refractivity contribution in [1.29, 1.82) is 0 Å². The van der Waals surface area contributed by atoms with Crippen LogP contribution in [0.3, 0.4) is 0 Å². The average molecular weight is 338 g/mol. The van der Waals surface area contributed by atoms with Crippen molar-refractivity contribution in [2.45, 2.75) is 32.4 Å². The van der Waals surface area contributed by atoms with Crippen LogP contribution in [0.1, 0.15) is 24.0 Å². The van der Waals surface area contributed by atoms with Crippen LogP contribution in [0, 0.1) is 12.7 Å². The molecule has 130 valence electrons. The number of hydrogen-bond donors (Lipinski definition) is 2. The lowest BCUT2D eigenvalue weighted by molar-refractivity contribution is 0.0776. The molecule has 0 bridgehead atoms. The molecule has 0 spiro atoms. The van der Waals surface area contributed by atoms with Crippen LogP contribution in [0.25, 0.3) is 22.2 Å². The van der Waals surface area contributed by atoms with Gasteiger partial charge in [0.25, 0.3) is 0 Å². The summed E-state index contributed by atoms with van der Waals surface area (Å²) in [5.41, 5.74) is 5.68. The van der Waals surface area contributed by atoms with Crippen LogP contribution >= 0.6 is 0 Å². The van der Waals surface area contributed by atoms with E-state index in [1.165, 1.54) is 28.6 Å². The number of fused-ring (bicyclic) bond motifs is 1. The molecule has 1 saturated heterocycles. The number of benzene rings is 2. The Bertz CT molecular complexity index is 863. The van der Waals surface area contributed by atoms with E-state index in [0.29, 0.717) is 6.04 Å². The summed E-state index contributed by atoms with van der Waals surface area (Å²) in [5.74, 6) is -0.209. The lowest BCUT2D eigenvalue weighted by Gasteiger charge is -2.23. The van der Waals surface area contributed by atoms with Gasteiger partial charge in [0, 0.05) is 42.4 Å². The van der Waals surface area contributed by atoms with Crippen molar-refractivity contribution in [3.63, 3.8) is 0 Å². The van der Waals surface area contributed by atoms with Crippen molar-refractivity contribution in [3.05, 3.63) is 59.4 Å². The Hall–Kier alpha value is -2.17. The predicted molar refractivity (Wildman–Crippen MR) is 99.1 cm³/mol. The largest absolute Gasteiger partial charge is 0.381 e. The van der Waals surface area contributed by atoms with Gasteiger partial charge in [-0.15, -0.1) is 0 Å². The van der Waals surface area contributed by atoms with Gasteiger partial charge < -0.3 is 15.0 Å². The summed E-state index contributed by atoms with van der Waals surface area (Å²) >= 11 is 0. The Morgan fingerprint density at radius 2 is 1.88 bits per heavy atom. The fourth-order valence-electron chi connectivity index (χ4n) is 3.55. The minimum atomic E-state index is -0.209. The third-order valence-electron chi connectivity index (χ3n) is 5.07. The molecule has 1 aliphatic heterocycles. The zero-order valence-electron chi connectivity index (χ0n) is 14.4. The SMILES string of the molecule is Cc1c(-c2ccc(F)cc2)[nH]c2ccc(CNC3CCOCC3)cc12. The van der Waals surface area contributed by atoms with E-state index in [0.717, 1.165) is 49.4 Å². The standard InChI is InChI=1S/C21H23FN2O/c1-14-19-12-15(13-23-18-8-10-25-11-9-18)2-7-20(19)24-21(14)16-3-5-17(22)6-4-16/h2-7,12,18,23-24H,8-11,13H2,1H3. The molecular formula is C21H23FN2O. The second kappa shape index (κ2) is 6.98. The van der Waals surface area contributed by atoms with Gasteiger partial charge in [0.2, 0.25) is 0 Å². The van der Waals surface area contributed by atoms with E-state index in [9.17, 15) is 4.39 Å². The highest BCUT2D eigenvalue weighted by molar-refractivity contribution is 5.90. The van der Waals surface area contributed by atoms with E-state index in [1.54, 1.807) is 0 Å². The summed E-state index contributed by atoms with van der Waals surface area (Å²) in [4.78, 5) is 3.47. The number of halogens is 1. The third kappa shape index (κ3) is 3.46. The summed E-state index contributed by atoms with van der Waals surface area (Å²) in [7, 11) is 0. The zero-order chi connectivity index (χ0) is 17.2. The quantitative estimate of drug-likeness (QED) is 0.732. The van der Waals surface area contributed by atoms with Gasteiger partial charge >= 0.3 is 0 Å². The molecule has 2 N–H and O–H groups in total. The van der Waals surface area contributed by atoms with Crippen LogP contribution in [0.4, 0.5) is 4.39 Å². The molecule has 2 aromatic carbocycles. The minimum Gasteiger partial charge on any atom is -0.381 e. The molecule has 1 aromatic heterocycles. The number of ether oxygens (including phenoxy) is 1. The zero-order valence-corrected chi connectivity index (χ0v) is 14.4. The Morgan fingerprint density at radius 3 is 2.64 bits per heavy atom. The van der Waals surface area contributed by atoms with Crippen LogP contribution in [0.5, 0.6) is 0 Å². The predicted octanol–water partition coefficient (Wildman–Crippen LogP) is 4.55. The Kier molecular flexibility index (Phi) is 4.55. The molecule has 3 nitrogen and oxygen atoms in total. The van der Waals surface area contributed by atoms with Crippen LogP contribution in [-0.2, 0) is 11.3 Å². The van der Waals surface area contributed by atoms with Gasteiger partial charge in [-0.2, -0.15) is 0 Å². The maximum Gasteiger partial charge on any atom is 0.123 e. The summed E-state index contributed by atoms with van der Waals surface area (Å²) in [6, 6.07) is 13.7. The first-order valence-corrected chi connectivity index (χ1v) is 8.89. The molecule has 0 unspecified atom stereocenters. The van der Waals surface area contributed by atoms with Gasteiger partial charge in [-0.05, 0) is 72.9 Å². The highest BCUT2D eigenvalue weighted by atomic mass is 19.1. The molecule has 0 radical (unpaired) electrons.